The summed E-state index contributed by atoms with van der Waals surface area (Å²) < 4.78 is 15.1. The molecule has 0 amide bonds. The van der Waals surface area contributed by atoms with Crippen molar-refractivity contribution in [3.63, 3.8) is 0 Å². The van der Waals surface area contributed by atoms with Crippen LogP contribution in [0.3, 0.4) is 0 Å². The van der Waals surface area contributed by atoms with E-state index in [1.54, 1.807) is 31.4 Å². The number of methoxy groups -OCH3 is 1. The SMILES string of the molecule is CCCOC(=O)C(=Cc1ccc(OC)cc1)C(=O)OCCC. The molecule has 0 unspecified atom stereocenters. The molecule has 5 nitrogen and oxygen atoms in total. The largest absolute Gasteiger partial charge is 0.497 e. The number of carbonyl (C=O) groups is 2. The van der Waals surface area contributed by atoms with E-state index in [2.05, 4.69) is 0 Å². The lowest BCUT2D eigenvalue weighted by atomic mass is 10.1. The van der Waals surface area contributed by atoms with E-state index in [1.807, 2.05) is 13.8 Å². The minimum absolute atomic E-state index is 0.105. The van der Waals surface area contributed by atoms with Gasteiger partial charge in [-0.2, -0.15) is 0 Å². The van der Waals surface area contributed by atoms with Gasteiger partial charge in [0.15, 0.2) is 0 Å². The first-order valence-corrected chi connectivity index (χ1v) is 7.32. The second-order valence-corrected chi connectivity index (χ2v) is 4.60. The fourth-order valence-corrected chi connectivity index (χ4v) is 1.61. The van der Waals surface area contributed by atoms with Crippen molar-refractivity contribution in [2.24, 2.45) is 0 Å². The lowest BCUT2D eigenvalue weighted by Gasteiger charge is -2.08. The summed E-state index contributed by atoms with van der Waals surface area (Å²) in [5.74, 6) is -0.640. The molecule has 0 aliphatic heterocycles. The number of benzene rings is 1. The van der Waals surface area contributed by atoms with Crippen molar-refractivity contribution in [2.45, 2.75) is 26.7 Å². The Kier molecular flexibility index (Phi) is 7.75. The summed E-state index contributed by atoms with van der Waals surface area (Å²) in [5.41, 5.74) is 0.588. The lowest BCUT2D eigenvalue weighted by Crippen LogP contribution is -2.19. The molecule has 0 saturated carbocycles. The first-order chi connectivity index (χ1) is 10.6. The van der Waals surface area contributed by atoms with Crippen molar-refractivity contribution in [2.75, 3.05) is 20.3 Å². The minimum atomic E-state index is -0.668. The number of ether oxygens (including phenoxy) is 3. The Hall–Kier alpha value is -2.30. The van der Waals surface area contributed by atoms with Gasteiger partial charge in [0.2, 0.25) is 0 Å². The van der Waals surface area contributed by atoms with E-state index in [0.29, 0.717) is 24.2 Å². The molecule has 0 heterocycles. The third kappa shape index (κ3) is 5.60. The highest BCUT2D eigenvalue weighted by Gasteiger charge is 2.21. The minimum Gasteiger partial charge on any atom is -0.497 e. The van der Waals surface area contributed by atoms with Gasteiger partial charge in [0.25, 0.3) is 0 Å². The zero-order chi connectivity index (χ0) is 16.4. The Morgan fingerprint density at radius 3 is 1.86 bits per heavy atom. The third-order valence-corrected chi connectivity index (χ3v) is 2.74. The molecule has 22 heavy (non-hydrogen) atoms. The van der Waals surface area contributed by atoms with Crippen LogP contribution in [0.1, 0.15) is 32.3 Å². The highest BCUT2D eigenvalue weighted by Crippen LogP contribution is 2.15. The van der Waals surface area contributed by atoms with Crippen LogP contribution in [0.2, 0.25) is 0 Å². The molecule has 0 bridgehead atoms. The first kappa shape index (κ1) is 17.8. The molecule has 1 rings (SSSR count). The van der Waals surface area contributed by atoms with Gasteiger partial charge in [-0.1, -0.05) is 26.0 Å². The highest BCUT2D eigenvalue weighted by atomic mass is 16.6. The van der Waals surface area contributed by atoms with Gasteiger partial charge in [0.05, 0.1) is 20.3 Å². The number of rotatable bonds is 8. The van der Waals surface area contributed by atoms with Crippen LogP contribution in [-0.2, 0) is 19.1 Å². The normalized spacial score (nSPS) is 9.77. The van der Waals surface area contributed by atoms with E-state index in [0.717, 1.165) is 0 Å². The van der Waals surface area contributed by atoms with Gasteiger partial charge < -0.3 is 14.2 Å². The van der Waals surface area contributed by atoms with Gasteiger partial charge >= 0.3 is 11.9 Å². The molecule has 1 aromatic rings. The van der Waals surface area contributed by atoms with Crippen LogP contribution in [0, 0.1) is 0 Å². The van der Waals surface area contributed by atoms with Crippen molar-refractivity contribution >= 4 is 18.0 Å². The average molecular weight is 306 g/mol. The molecule has 0 aliphatic carbocycles. The zero-order valence-electron chi connectivity index (χ0n) is 13.3. The molecule has 0 atom stereocenters. The van der Waals surface area contributed by atoms with Crippen LogP contribution in [0.15, 0.2) is 29.8 Å². The Morgan fingerprint density at radius 2 is 1.45 bits per heavy atom. The number of hydrogen-bond acceptors (Lipinski definition) is 5. The quantitative estimate of drug-likeness (QED) is 0.320. The summed E-state index contributed by atoms with van der Waals surface area (Å²) in [6.45, 7) is 4.30. The summed E-state index contributed by atoms with van der Waals surface area (Å²) in [6, 6.07) is 6.99. The maximum atomic E-state index is 12.0. The van der Waals surface area contributed by atoms with Gasteiger partial charge in [-0.15, -0.1) is 0 Å². The van der Waals surface area contributed by atoms with Crippen LogP contribution in [0.5, 0.6) is 5.75 Å². The van der Waals surface area contributed by atoms with E-state index in [-0.39, 0.29) is 18.8 Å². The number of carbonyl (C=O) groups excluding carboxylic acids is 2. The van der Waals surface area contributed by atoms with Gasteiger partial charge in [-0.25, -0.2) is 9.59 Å². The lowest BCUT2D eigenvalue weighted by molar-refractivity contribution is -0.147. The smallest absolute Gasteiger partial charge is 0.345 e. The standard InChI is InChI=1S/C17H22O5/c1-4-10-21-16(18)15(17(19)22-11-5-2)12-13-6-8-14(20-3)9-7-13/h6-9,12H,4-5,10-11H2,1-3H3. The van der Waals surface area contributed by atoms with E-state index >= 15 is 0 Å². The van der Waals surface area contributed by atoms with Crippen LogP contribution in [0.4, 0.5) is 0 Å². The van der Waals surface area contributed by atoms with E-state index in [4.69, 9.17) is 14.2 Å². The van der Waals surface area contributed by atoms with Crippen molar-refractivity contribution in [3.05, 3.63) is 35.4 Å². The molecular formula is C17H22O5. The Morgan fingerprint density at radius 1 is 0.955 bits per heavy atom. The van der Waals surface area contributed by atoms with Gasteiger partial charge in [-0.05, 0) is 36.6 Å². The maximum absolute atomic E-state index is 12.0. The number of esters is 2. The van der Waals surface area contributed by atoms with E-state index in [9.17, 15) is 9.59 Å². The van der Waals surface area contributed by atoms with Gasteiger partial charge in [0, 0.05) is 0 Å². The first-order valence-electron chi connectivity index (χ1n) is 7.32. The monoisotopic (exact) mass is 306 g/mol. The third-order valence-electron chi connectivity index (χ3n) is 2.74. The highest BCUT2D eigenvalue weighted by molar-refractivity contribution is 6.17. The predicted molar refractivity (Wildman–Crippen MR) is 83.5 cm³/mol. The Bertz CT molecular complexity index is 494. The molecule has 0 saturated heterocycles. The molecule has 0 fully saturated rings. The van der Waals surface area contributed by atoms with Gasteiger partial charge in [0.1, 0.15) is 11.3 Å². The predicted octanol–water partition coefficient (Wildman–Crippen LogP) is 2.99. The van der Waals surface area contributed by atoms with Crippen molar-refractivity contribution in [1.29, 1.82) is 0 Å². The average Bonchev–Trinajstić information content (AvgIpc) is 2.55. The summed E-state index contributed by atoms with van der Waals surface area (Å²) >= 11 is 0. The summed E-state index contributed by atoms with van der Waals surface area (Å²) in [4.78, 5) is 24.0. The second kappa shape index (κ2) is 9.60. The molecule has 0 spiro atoms. The maximum Gasteiger partial charge on any atom is 0.345 e. The zero-order valence-corrected chi connectivity index (χ0v) is 13.3. The molecular weight excluding hydrogens is 284 g/mol. The molecule has 0 aromatic heterocycles. The number of hydrogen-bond donors (Lipinski definition) is 0. The fraction of sp³-hybridized carbons (Fsp3) is 0.412. The molecule has 0 N–H and O–H groups in total. The van der Waals surface area contributed by atoms with Crippen LogP contribution in [-0.4, -0.2) is 32.3 Å². The van der Waals surface area contributed by atoms with E-state index < -0.39 is 11.9 Å². The Balaban J connectivity index is 2.97. The topological polar surface area (TPSA) is 61.8 Å². The summed E-state index contributed by atoms with van der Waals surface area (Å²) in [6.07, 6.45) is 2.84. The molecule has 120 valence electrons. The molecule has 0 radical (unpaired) electrons. The van der Waals surface area contributed by atoms with Crippen molar-refractivity contribution in [1.82, 2.24) is 0 Å². The molecule has 0 aliphatic rings. The van der Waals surface area contributed by atoms with Gasteiger partial charge in [-0.3, -0.25) is 0 Å². The summed E-state index contributed by atoms with van der Waals surface area (Å²) in [7, 11) is 1.57. The fourth-order valence-electron chi connectivity index (χ4n) is 1.61. The molecule has 5 heteroatoms. The Labute approximate surface area is 130 Å². The van der Waals surface area contributed by atoms with Crippen molar-refractivity contribution in [3.8, 4) is 5.75 Å². The van der Waals surface area contributed by atoms with Crippen LogP contribution < -0.4 is 4.74 Å². The summed E-state index contributed by atoms with van der Waals surface area (Å²) in [5, 5.41) is 0. The molecule has 1 aromatic carbocycles. The van der Waals surface area contributed by atoms with Crippen LogP contribution in [0.25, 0.3) is 6.08 Å². The van der Waals surface area contributed by atoms with E-state index in [1.165, 1.54) is 6.08 Å². The second-order valence-electron chi connectivity index (χ2n) is 4.60. The van der Waals surface area contributed by atoms with Crippen LogP contribution >= 0.6 is 0 Å². The van der Waals surface area contributed by atoms with Crippen molar-refractivity contribution < 1.29 is 23.8 Å².